The maximum absolute atomic E-state index is 12.8. The van der Waals surface area contributed by atoms with Crippen molar-refractivity contribution in [1.82, 2.24) is 0 Å². The molecule has 2 aliphatic rings. The van der Waals surface area contributed by atoms with Crippen LogP contribution in [0.2, 0.25) is 0 Å². The zero-order valence-electron chi connectivity index (χ0n) is 12.0. The van der Waals surface area contributed by atoms with Crippen molar-refractivity contribution in [1.29, 1.82) is 0 Å². The zero-order valence-corrected chi connectivity index (χ0v) is 12.8. The highest BCUT2D eigenvalue weighted by Gasteiger charge is 2.58. The zero-order chi connectivity index (χ0) is 13.8. The molecule has 1 aromatic rings. The Bertz CT molecular complexity index is 592. The number of anilines is 1. The highest BCUT2D eigenvalue weighted by Crippen LogP contribution is 2.47. The summed E-state index contributed by atoms with van der Waals surface area (Å²) >= 11 is 0. The van der Waals surface area contributed by atoms with Gasteiger partial charge in [-0.3, -0.25) is 4.79 Å². The molecule has 100 valence electrons. The lowest BCUT2D eigenvalue weighted by Gasteiger charge is -2.40. The normalized spacial score (nSPS) is 30.2. The number of hydrogen-bond acceptors (Lipinski definition) is 1. The number of carbonyl (C=O) groups excluding carboxylic acids is 1. The van der Waals surface area contributed by atoms with Gasteiger partial charge in [-0.15, -0.1) is 0 Å². The van der Waals surface area contributed by atoms with Crippen LogP contribution in [0.3, 0.4) is 0 Å². The van der Waals surface area contributed by atoms with E-state index in [4.69, 9.17) is 0 Å². The van der Waals surface area contributed by atoms with E-state index in [-0.39, 0.29) is 21.5 Å². The summed E-state index contributed by atoms with van der Waals surface area (Å²) in [6.45, 7) is 6.54. The number of benzene rings is 1. The van der Waals surface area contributed by atoms with Crippen LogP contribution in [0.5, 0.6) is 0 Å². The average molecular weight is 274 g/mol. The number of hydrogen-bond donors (Lipinski definition) is 0. The summed E-state index contributed by atoms with van der Waals surface area (Å²) in [4.78, 5) is 16.0. The maximum atomic E-state index is 12.8. The van der Waals surface area contributed by atoms with Gasteiger partial charge in [0.25, 0.3) is 5.91 Å². The third kappa shape index (κ3) is 1.68. The van der Waals surface area contributed by atoms with E-state index in [1.807, 2.05) is 18.0 Å². The Morgan fingerprint density at radius 1 is 1.21 bits per heavy atom. The molecule has 0 saturated heterocycles. The number of rotatable bonds is 0. The number of carbonyl (C=O) groups is 1. The van der Waals surface area contributed by atoms with Gasteiger partial charge in [-0.2, -0.15) is 0 Å². The van der Waals surface area contributed by atoms with Crippen molar-refractivity contribution >= 4 is 22.5 Å². The molecule has 1 aromatic carbocycles. The van der Waals surface area contributed by atoms with E-state index in [2.05, 4.69) is 39.0 Å². The van der Waals surface area contributed by atoms with E-state index in [1.54, 1.807) is 0 Å². The van der Waals surface area contributed by atoms with Crippen LogP contribution in [0.25, 0.3) is 0 Å². The van der Waals surface area contributed by atoms with Crippen molar-refractivity contribution in [3.63, 3.8) is 0 Å². The molecule has 2 atom stereocenters. The van der Waals surface area contributed by atoms with Gasteiger partial charge in [0.05, 0.1) is 5.69 Å². The molecule has 2 nitrogen and oxygen atoms in total. The van der Waals surface area contributed by atoms with Crippen LogP contribution in [0.4, 0.5) is 5.69 Å². The Hall–Kier alpha value is -1.22. The predicted molar refractivity (Wildman–Crippen MR) is 81.7 cm³/mol. The van der Waals surface area contributed by atoms with E-state index in [1.165, 1.54) is 16.0 Å². The van der Waals surface area contributed by atoms with Crippen molar-refractivity contribution in [2.75, 3.05) is 17.7 Å². The number of para-hydroxylation sites is 1. The molecule has 0 saturated carbocycles. The Kier molecular flexibility index (Phi) is 2.79. The lowest BCUT2D eigenvalue weighted by Crippen LogP contribution is -2.57. The van der Waals surface area contributed by atoms with Crippen molar-refractivity contribution in [2.24, 2.45) is 0 Å². The van der Waals surface area contributed by atoms with Gasteiger partial charge in [0, 0.05) is 24.4 Å². The fraction of sp³-hybridized carbons (Fsp3) is 0.438. The van der Waals surface area contributed by atoms with E-state index in [9.17, 15) is 4.79 Å². The summed E-state index contributed by atoms with van der Waals surface area (Å²) in [5.41, 5.74) is 3.96. The minimum Gasteiger partial charge on any atom is -0.306 e. The summed E-state index contributed by atoms with van der Waals surface area (Å²) in [7, 11) is 1.92. The van der Waals surface area contributed by atoms with Gasteiger partial charge in [-0.25, -0.2) is 0 Å². The molecule has 0 spiro atoms. The van der Waals surface area contributed by atoms with Crippen molar-refractivity contribution < 1.29 is 4.79 Å². The first kappa shape index (κ1) is 12.8. The summed E-state index contributed by atoms with van der Waals surface area (Å²) in [5, 5.41) is 0. The van der Waals surface area contributed by atoms with Gasteiger partial charge >= 0.3 is 0 Å². The van der Waals surface area contributed by atoms with Crippen molar-refractivity contribution in [3.05, 3.63) is 35.4 Å². The second-order valence-corrected chi connectivity index (χ2v) is 8.25. The third-order valence-corrected chi connectivity index (χ3v) is 7.49. The quantitative estimate of drug-likeness (QED) is 0.526. The number of fused-ring (bicyclic) bond motifs is 3. The van der Waals surface area contributed by atoms with Crippen LogP contribution in [0, 0.1) is 0 Å². The van der Waals surface area contributed by atoms with Crippen molar-refractivity contribution in [2.45, 2.75) is 36.8 Å². The van der Waals surface area contributed by atoms with Gasteiger partial charge in [-0.05, 0) is 38.5 Å². The lowest BCUT2D eigenvalue weighted by atomic mass is 9.95. The Morgan fingerprint density at radius 2 is 1.89 bits per heavy atom. The summed E-state index contributed by atoms with van der Waals surface area (Å²) < 4.78 is -0.243. The summed E-state index contributed by atoms with van der Waals surface area (Å²) in [6.07, 6.45) is 0.902. The summed E-state index contributed by atoms with van der Waals surface area (Å²) in [5.74, 6) is 1.32. The Balaban J connectivity index is 2.21. The molecule has 0 fully saturated rings. The third-order valence-electron chi connectivity index (χ3n) is 4.48. The van der Waals surface area contributed by atoms with Gasteiger partial charge in [-0.1, -0.05) is 17.7 Å². The second-order valence-electron chi connectivity index (χ2n) is 5.84. The Morgan fingerprint density at radius 3 is 2.63 bits per heavy atom. The SMILES string of the molecule is CC1=C(C)CC2(C)C(=O)N(C)c3ccccc3[S+]2C1. The first-order valence-corrected chi connectivity index (χ1v) is 8.08. The van der Waals surface area contributed by atoms with E-state index in [0.717, 1.165) is 17.9 Å². The van der Waals surface area contributed by atoms with Gasteiger partial charge in [0.15, 0.2) is 4.90 Å². The molecule has 2 unspecified atom stereocenters. The number of nitrogens with zero attached hydrogens (tertiary/aromatic N) is 1. The molecule has 0 aliphatic carbocycles. The van der Waals surface area contributed by atoms with Crippen LogP contribution in [0.15, 0.2) is 40.3 Å². The Labute approximate surface area is 117 Å². The molecule has 0 radical (unpaired) electrons. The highest BCUT2D eigenvalue weighted by molar-refractivity contribution is 7.99. The van der Waals surface area contributed by atoms with Crippen LogP contribution >= 0.6 is 0 Å². The van der Waals surface area contributed by atoms with E-state index < -0.39 is 0 Å². The van der Waals surface area contributed by atoms with E-state index in [0.29, 0.717) is 0 Å². The first-order valence-electron chi connectivity index (χ1n) is 6.68. The molecule has 19 heavy (non-hydrogen) atoms. The molecule has 0 bridgehead atoms. The second kappa shape index (κ2) is 4.14. The topological polar surface area (TPSA) is 20.3 Å². The predicted octanol–water partition coefficient (Wildman–Crippen LogP) is 3.14. The van der Waals surface area contributed by atoms with Crippen LogP contribution in [-0.4, -0.2) is 23.5 Å². The van der Waals surface area contributed by atoms with Gasteiger partial charge < -0.3 is 4.90 Å². The molecule has 3 rings (SSSR count). The number of amides is 1. The molecule has 3 heteroatoms. The highest BCUT2D eigenvalue weighted by atomic mass is 32.2. The minimum absolute atomic E-state index is 0.00620. The molecule has 0 N–H and O–H groups in total. The largest absolute Gasteiger partial charge is 0.306 e. The molecular weight excluding hydrogens is 254 g/mol. The fourth-order valence-electron chi connectivity index (χ4n) is 3.15. The molecule has 2 heterocycles. The van der Waals surface area contributed by atoms with Crippen molar-refractivity contribution in [3.8, 4) is 0 Å². The molecule has 2 aliphatic heterocycles. The van der Waals surface area contributed by atoms with Crippen LogP contribution < -0.4 is 4.90 Å². The average Bonchev–Trinajstić information content (AvgIpc) is 2.40. The van der Waals surface area contributed by atoms with Gasteiger partial charge in [0.1, 0.15) is 5.75 Å². The molecular formula is C16H20NOS+. The van der Waals surface area contributed by atoms with Gasteiger partial charge in [0.2, 0.25) is 4.75 Å². The summed E-state index contributed by atoms with van der Waals surface area (Å²) in [6, 6.07) is 8.39. The minimum atomic E-state index is -0.243. The first-order chi connectivity index (χ1) is 8.95. The smallest absolute Gasteiger partial charge is 0.283 e. The van der Waals surface area contributed by atoms with Crippen LogP contribution in [-0.2, 0) is 15.7 Å². The molecule has 1 amide bonds. The monoisotopic (exact) mass is 274 g/mol. The fourth-order valence-corrected chi connectivity index (χ4v) is 6.23. The lowest BCUT2D eigenvalue weighted by molar-refractivity contribution is -0.120. The van der Waals surface area contributed by atoms with E-state index >= 15 is 0 Å². The maximum Gasteiger partial charge on any atom is 0.283 e. The standard InChI is InChI=1S/C16H20NOS/c1-11-9-16(3)15(18)17(4)13-7-5-6-8-14(13)19(16)10-12(11)2/h5-8H,9-10H2,1-4H3/q+1. The number of allylic oxidation sites excluding steroid dienone is 1. The molecule has 0 aromatic heterocycles. The van der Waals surface area contributed by atoms with Crippen LogP contribution in [0.1, 0.15) is 27.2 Å².